The average molecular weight is 369 g/mol. The fraction of sp³-hybridized carbons (Fsp3) is 0.625. The lowest BCUT2D eigenvalue weighted by atomic mass is 10.1. The lowest BCUT2D eigenvalue weighted by Crippen LogP contribution is -2.30. The maximum absolute atomic E-state index is 12.7. The van der Waals surface area contributed by atoms with Crippen molar-refractivity contribution in [1.29, 1.82) is 0 Å². The maximum atomic E-state index is 12.7. The summed E-state index contributed by atoms with van der Waals surface area (Å²) in [5.41, 5.74) is -0.205. The lowest BCUT2D eigenvalue weighted by Gasteiger charge is -2.21. The van der Waals surface area contributed by atoms with Crippen LogP contribution < -0.4 is 15.5 Å². The minimum Gasteiger partial charge on any atom is -0.389 e. The molecule has 2 heterocycles. The monoisotopic (exact) mass is 369 g/mol. The Kier molecular flexibility index (Phi) is 6.41. The third-order valence-corrected chi connectivity index (χ3v) is 3.63. The molecule has 0 fully saturated rings. The lowest BCUT2D eigenvalue weighted by molar-refractivity contribution is 0.0944. The summed E-state index contributed by atoms with van der Waals surface area (Å²) in [6.45, 7) is 8.26. The van der Waals surface area contributed by atoms with Crippen LogP contribution in [0.25, 0.3) is 11.0 Å². The summed E-state index contributed by atoms with van der Waals surface area (Å²) in [5, 5.41) is 15.6. The molecule has 0 aromatic carbocycles. The van der Waals surface area contributed by atoms with E-state index in [9.17, 15) is 13.9 Å². The summed E-state index contributed by atoms with van der Waals surface area (Å²) in [4.78, 5) is 19.1. The van der Waals surface area contributed by atoms with Gasteiger partial charge in [0, 0.05) is 19.6 Å². The molecule has 0 amide bonds. The van der Waals surface area contributed by atoms with Gasteiger partial charge in [-0.25, -0.2) is 23.7 Å². The molecule has 0 atom stereocenters. The minimum absolute atomic E-state index is 0.228. The SMILES string of the molecule is CCN(CC)c1nc(NCC(F)F)c2ncnc(NCC(C)(C)O)c2n1. The first kappa shape index (κ1) is 20.0. The van der Waals surface area contributed by atoms with E-state index in [4.69, 9.17) is 0 Å². The van der Waals surface area contributed by atoms with Crippen LogP contribution in [0.1, 0.15) is 27.7 Å². The third-order valence-electron chi connectivity index (χ3n) is 3.63. The molecule has 144 valence electrons. The molecule has 0 unspecified atom stereocenters. The van der Waals surface area contributed by atoms with Crippen LogP contribution >= 0.6 is 0 Å². The summed E-state index contributed by atoms with van der Waals surface area (Å²) in [5.74, 6) is 1.04. The van der Waals surface area contributed by atoms with Gasteiger partial charge in [-0.3, -0.25) is 0 Å². The number of anilines is 3. The van der Waals surface area contributed by atoms with Crippen molar-refractivity contribution in [2.24, 2.45) is 0 Å². The number of alkyl halides is 2. The van der Waals surface area contributed by atoms with Crippen LogP contribution in [-0.4, -0.2) is 63.2 Å². The van der Waals surface area contributed by atoms with Gasteiger partial charge in [0.05, 0.1) is 12.1 Å². The minimum atomic E-state index is -2.52. The van der Waals surface area contributed by atoms with Crippen molar-refractivity contribution in [3.63, 3.8) is 0 Å². The summed E-state index contributed by atoms with van der Waals surface area (Å²) in [7, 11) is 0. The molecule has 8 nitrogen and oxygen atoms in total. The quantitative estimate of drug-likeness (QED) is 0.618. The number of aromatic nitrogens is 4. The van der Waals surface area contributed by atoms with Crippen LogP contribution in [0.5, 0.6) is 0 Å². The maximum Gasteiger partial charge on any atom is 0.255 e. The van der Waals surface area contributed by atoms with Gasteiger partial charge in [0.1, 0.15) is 17.4 Å². The van der Waals surface area contributed by atoms with Gasteiger partial charge in [0.2, 0.25) is 5.95 Å². The van der Waals surface area contributed by atoms with E-state index in [0.717, 1.165) is 0 Å². The predicted octanol–water partition coefficient (Wildman–Crippen LogP) is 2.13. The van der Waals surface area contributed by atoms with Gasteiger partial charge in [-0.15, -0.1) is 0 Å². The Morgan fingerprint density at radius 2 is 1.77 bits per heavy atom. The van der Waals surface area contributed by atoms with Gasteiger partial charge in [0.15, 0.2) is 11.6 Å². The van der Waals surface area contributed by atoms with Crippen molar-refractivity contribution in [1.82, 2.24) is 19.9 Å². The highest BCUT2D eigenvalue weighted by atomic mass is 19.3. The van der Waals surface area contributed by atoms with Gasteiger partial charge >= 0.3 is 0 Å². The molecule has 0 saturated heterocycles. The van der Waals surface area contributed by atoms with Crippen molar-refractivity contribution in [2.45, 2.75) is 39.7 Å². The van der Waals surface area contributed by atoms with Crippen LogP contribution in [0.4, 0.5) is 26.4 Å². The Balaban J connectivity index is 2.53. The highest BCUT2D eigenvalue weighted by Crippen LogP contribution is 2.26. The van der Waals surface area contributed by atoms with Crippen molar-refractivity contribution in [2.75, 3.05) is 41.7 Å². The molecule has 0 saturated carbocycles. The number of nitrogens with zero attached hydrogens (tertiary/aromatic N) is 5. The largest absolute Gasteiger partial charge is 0.389 e. The van der Waals surface area contributed by atoms with E-state index in [1.54, 1.807) is 13.8 Å². The number of fused-ring (bicyclic) bond motifs is 1. The zero-order chi connectivity index (χ0) is 19.3. The van der Waals surface area contributed by atoms with E-state index in [2.05, 4.69) is 30.6 Å². The number of hydrogen-bond acceptors (Lipinski definition) is 8. The second-order valence-corrected chi connectivity index (χ2v) is 6.40. The van der Waals surface area contributed by atoms with Crippen molar-refractivity contribution >= 4 is 28.6 Å². The summed E-state index contributed by atoms with van der Waals surface area (Å²) in [6, 6.07) is 0. The van der Waals surface area contributed by atoms with E-state index in [1.165, 1.54) is 6.33 Å². The molecule has 3 N–H and O–H groups in total. The number of rotatable bonds is 9. The van der Waals surface area contributed by atoms with Crippen LogP contribution in [0.2, 0.25) is 0 Å². The highest BCUT2D eigenvalue weighted by molar-refractivity contribution is 5.93. The first-order valence-corrected chi connectivity index (χ1v) is 8.51. The Labute approximate surface area is 151 Å². The van der Waals surface area contributed by atoms with E-state index in [-0.39, 0.29) is 12.4 Å². The third kappa shape index (κ3) is 5.07. The Hall–Kier alpha value is -2.36. The standard InChI is InChI=1S/C16H25F2N7O/c1-5-25(6-2)15-23-12-11(14(24-15)19-7-10(17)18)21-9-22-13(12)20-8-16(3,4)26/h9-10,26H,5-8H2,1-4H3,(H,19,23,24)(H,20,21,22). The second kappa shape index (κ2) is 8.35. The number of nitrogens with one attached hydrogen (secondary N) is 2. The van der Waals surface area contributed by atoms with Crippen molar-refractivity contribution in [3.8, 4) is 0 Å². The summed E-state index contributed by atoms with van der Waals surface area (Å²) in [6.07, 6.45) is -1.21. The van der Waals surface area contributed by atoms with Crippen LogP contribution in [0.3, 0.4) is 0 Å². The molecule has 0 spiro atoms. The van der Waals surface area contributed by atoms with Gasteiger partial charge < -0.3 is 20.6 Å². The Morgan fingerprint density at radius 3 is 2.35 bits per heavy atom. The van der Waals surface area contributed by atoms with Gasteiger partial charge in [-0.1, -0.05) is 0 Å². The average Bonchev–Trinajstić information content (AvgIpc) is 2.58. The molecule has 0 aliphatic heterocycles. The molecular formula is C16H25F2N7O. The van der Waals surface area contributed by atoms with Crippen molar-refractivity contribution in [3.05, 3.63) is 6.33 Å². The molecular weight excluding hydrogens is 344 g/mol. The Bertz CT molecular complexity index is 732. The smallest absolute Gasteiger partial charge is 0.255 e. The van der Waals surface area contributed by atoms with Crippen LogP contribution in [0.15, 0.2) is 6.33 Å². The molecule has 0 aliphatic rings. The molecule has 0 aliphatic carbocycles. The number of aliphatic hydroxyl groups is 1. The van der Waals surface area contributed by atoms with E-state index >= 15 is 0 Å². The van der Waals surface area contributed by atoms with Crippen LogP contribution in [0, 0.1) is 0 Å². The van der Waals surface area contributed by atoms with Gasteiger partial charge in [0.25, 0.3) is 6.43 Å². The zero-order valence-electron chi connectivity index (χ0n) is 15.4. The fourth-order valence-corrected chi connectivity index (χ4v) is 2.31. The Morgan fingerprint density at radius 1 is 1.08 bits per heavy atom. The molecule has 2 rings (SSSR count). The molecule has 26 heavy (non-hydrogen) atoms. The summed E-state index contributed by atoms with van der Waals surface area (Å²) >= 11 is 0. The number of hydrogen-bond donors (Lipinski definition) is 3. The predicted molar refractivity (Wildman–Crippen MR) is 98.0 cm³/mol. The topological polar surface area (TPSA) is 99.1 Å². The molecule has 2 aromatic rings. The zero-order valence-corrected chi connectivity index (χ0v) is 15.4. The molecule has 0 radical (unpaired) electrons. The fourth-order valence-electron chi connectivity index (χ4n) is 2.31. The van der Waals surface area contributed by atoms with Crippen LogP contribution in [-0.2, 0) is 0 Å². The van der Waals surface area contributed by atoms with Gasteiger partial charge in [-0.2, -0.15) is 4.98 Å². The highest BCUT2D eigenvalue weighted by Gasteiger charge is 2.19. The van der Waals surface area contributed by atoms with Crippen molar-refractivity contribution < 1.29 is 13.9 Å². The van der Waals surface area contributed by atoms with Gasteiger partial charge in [-0.05, 0) is 27.7 Å². The first-order valence-electron chi connectivity index (χ1n) is 8.51. The molecule has 0 bridgehead atoms. The molecule has 2 aromatic heterocycles. The second-order valence-electron chi connectivity index (χ2n) is 6.40. The molecule has 10 heteroatoms. The first-order chi connectivity index (χ1) is 12.2. The van der Waals surface area contributed by atoms with E-state index < -0.39 is 18.6 Å². The normalized spacial score (nSPS) is 11.8. The van der Waals surface area contributed by atoms with E-state index in [0.29, 0.717) is 35.9 Å². The summed E-state index contributed by atoms with van der Waals surface area (Å²) < 4.78 is 25.3. The number of halogens is 2. The van der Waals surface area contributed by atoms with E-state index in [1.807, 2.05) is 18.7 Å².